The van der Waals surface area contributed by atoms with Gasteiger partial charge in [0, 0.05) is 43.5 Å². The van der Waals surface area contributed by atoms with Gasteiger partial charge in [0.15, 0.2) is 0 Å². The molecule has 0 N–H and O–H groups in total. The summed E-state index contributed by atoms with van der Waals surface area (Å²) in [6, 6.07) is 2.13. The van der Waals surface area contributed by atoms with E-state index in [9.17, 15) is 0 Å². The van der Waals surface area contributed by atoms with Crippen LogP contribution >= 0.6 is 11.3 Å². The number of hydrogen-bond acceptors (Lipinski definition) is 7. The lowest BCUT2D eigenvalue weighted by Crippen LogP contribution is -2.38. The first-order valence-corrected chi connectivity index (χ1v) is 10.1. The number of rotatable bonds is 4. The number of hydrogen-bond donors (Lipinski definition) is 0. The number of piperidine rings is 1. The molecule has 2 aliphatic rings. The van der Waals surface area contributed by atoms with Crippen molar-refractivity contribution < 1.29 is 4.74 Å². The zero-order chi connectivity index (χ0) is 17.1. The predicted molar refractivity (Wildman–Crippen MR) is 101 cm³/mol. The number of aromatic nitrogens is 3. The number of anilines is 2. The number of ether oxygens (including phenoxy) is 1. The second-order valence-electron chi connectivity index (χ2n) is 6.65. The third kappa shape index (κ3) is 3.77. The van der Waals surface area contributed by atoms with Crippen LogP contribution in [0.2, 0.25) is 0 Å². The summed E-state index contributed by atoms with van der Waals surface area (Å²) in [6.45, 7) is 7.57. The second kappa shape index (κ2) is 7.66. The summed E-state index contributed by atoms with van der Waals surface area (Å²) in [5, 5.41) is 3.49. The molecule has 1 unspecified atom stereocenters. The van der Waals surface area contributed by atoms with Gasteiger partial charge in [-0.1, -0.05) is 6.92 Å². The maximum absolute atomic E-state index is 5.44. The molecule has 4 heterocycles. The van der Waals surface area contributed by atoms with Crippen molar-refractivity contribution in [3.63, 3.8) is 0 Å². The monoisotopic (exact) mass is 359 g/mol. The summed E-state index contributed by atoms with van der Waals surface area (Å²) < 4.78 is 5.44. The minimum atomic E-state index is 0.515. The first-order valence-electron chi connectivity index (χ1n) is 9.17. The van der Waals surface area contributed by atoms with Gasteiger partial charge in [-0.25, -0.2) is 15.0 Å². The van der Waals surface area contributed by atoms with Crippen molar-refractivity contribution in [1.82, 2.24) is 15.0 Å². The molecule has 0 bridgehead atoms. The molecule has 134 valence electrons. The fourth-order valence-corrected chi connectivity index (χ4v) is 4.57. The van der Waals surface area contributed by atoms with Crippen LogP contribution in [-0.4, -0.2) is 54.3 Å². The molecule has 2 aromatic rings. The van der Waals surface area contributed by atoms with Crippen LogP contribution in [0.5, 0.6) is 0 Å². The standard InChI is InChI=1S/C18H25N5OS/c1-2-15-12-25-18(21-15)14-4-3-5-23(11-14)17-10-16(19-13-20-17)22-6-8-24-9-7-22/h10,12-14H,2-9,11H2,1H3. The largest absolute Gasteiger partial charge is 0.378 e. The zero-order valence-electron chi connectivity index (χ0n) is 14.7. The molecule has 2 saturated heterocycles. The average Bonchev–Trinajstić information content (AvgIpc) is 3.18. The summed E-state index contributed by atoms with van der Waals surface area (Å²) in [7, 11) is 0. The van der Waals surface area contributed by atoms with Gasteiger partial charge < -0.3 is 14.5 Å². The van der Waals surface area contributed by atoms with Crippen LogP contribution in [0.3, 0.4) is 0 Å². The quantitative estimate of drug-likeness (QED) is 0.837. The van der Waals surface area contributed by atoms with Gasteiger partial charge in [-0.15, -0.1) is 11.3 Å². The van der Waals surface area contributed by atoms with E-state index in [4.69, 9.17) is 9.72 Å². The molecule has 2 aromatic heterocycles. The Kier molecular flexibility index (Phi) is 5.12. The Labute approximate surface area is 152 Å². The molecular weight excluding hydrogens is 334 g/mol. The van der Waals surface area contributed by atoms with E-state index in [-0.39, 0.29) is 0 Å². The van der Waals surface area contributed by atoms with Crippen LogP contribution in [0.4, 0.5) is 11.6 Å². The fraction of sp³-hybridized carbons (Fsp3) is 0.611. The molecule has 4 rings (SSSR count). The third-order valence-corrected chi connectivity index (χ3v) is 6.06. The first kappa shape index (κ1) is 16.7. The average molecular weight is 359 g/mol. The van der Waals surface area contributed by atoms with Crippen molar-refractivity contribution in [1.29, 1.82) is 0 Å². The SMILES string of the molecule is CCc1csc(C2CCCN(c3cc(N4CCOCC4)ncn3)C2)n1. The van der Waals surface area contributed by atoms with Crippen molar-refractivity contribution >= 4 is 23.0 Å². The Morgan fingerprint density at radius 2 is 1.96 bits per heavy atom. The summed E-state index contributed by atoms with van der Waals surface area (Å²) >= 11 is 1.81. The van der Waals surface area contributed by atoms with E-state index in [1.54, 1.807) is 6.33 Å². The molecule has 0 spiro atoms. The van der Waals surface area contributed by atoms with E-state index in [0.717, 1.165) is 57.4 Å². The van der Waals surface area contributed by atoms with E-state index in [2.05, 4.69) is 38.1 Å². The fourth-order valence-electron chi connectivity index (χ4n) is 3.53. The van der Waals surface area contributed by atoms with Gasteiger partial charge in [-0.3, -0.25) is 0 Å². The minimum absolute atomic E-state index is 0.515. The molecule has 0 amide bonds. The lowest BCUT2D eigenvalue weighted by Gasteiger charge is -2.33. The Morgan fingerprint density at radius 3 is 2.72 bits per heavy atom. The molecule has 0 saturated carbocycles. The lowest BCUT2D eigenvalue weighted by atomic mass is 9.99. The first-order chi connectivity index (χ1) is 12.3. The van der Waals surface area contributed by atoms with E-state index in [0.29, 0.717) is 5.92 Å². The number of morpholine rings is 1. The molecule has 1 atom stereocenters. The molecule has 0 aliphatic carbocycles. The van der Waals surface area contributed by atoms with Crippen LogP contribution < -0.4 is 9.80 Å². The molecular formula is C18H25N5OS. The molecule has 7 heteroatoms. The lowest BCUT2D eigenvalue weighted by molar-refractivity contribution is 0.122. The van der Waals surface area contributed by atoms with Crippen molar-refractivity contribution in [2.75, 3.05) is 49.2 Å². The minimum Gasteiger partial charge on any atom is -0.378 e. The number of aryl methyl sites for hydroxylation is 1. The van der Waals surface area contributed by atoms with Crippen LogP contribution in [0.25, 0.3) is 0 Å². The van der Waals surface area contributed by atoms with Gasteiger partial charge in [-0.2, -0.15) is 0 Å². The molecule has 2 fully saturated rings. The number of thiazole rings is 1. The van der Waals surface area contributed by atoms with Gasteiger partial charge >= 0.3 is 0 Å². The predicted octanol–water partition coefficient (Wildman–Crippen LogP) is 2.72. The molecule has 6 nitrogen and oxygen atoms in total. The van der Waals surface area contributed by atoms with Gasteiger partial charge in [0.1, 0.15) is 18.0 Å². The highest BCUT2D eigenvalue weighted by Crippen LogP contribution is 2.31. The van der Waals surface area contributed by atoms with Crippen molar-refractivity contribution in [3.8, 4) is 0 Å². The Balaban J connectivity index is 1.49. The van der Waals surface area contributed by atoms with Crippen LogP contribution in [0.1, 0.15) is 36.4 Å². The smallest absolute Gasteiger partial charge is 0.134 e. The molecule has 0 radical (unpaired) electrons. The molecule has 2 aliphatic heterocycles. The Morgan fingerprint density at radius 1 is 1.16 bits per heavy atom. The van der Waals surface area contributed by atoms with Crippen molar-refractivity contribution in [3.05, 3.63) is 28.5 Å². The van der Waals surface area contributed by atoms with Crippen LogP contribution in [0, 0.1) is 0 Å². The second-order valence-corrected chi connectivity index (χ2v) is 7.54. The van der Waals surface area contributed by atoms with E-state index < -0.39 is 0 Å². The summed E-state index contributed by atoms with van der Waals surface area (Å²) in [4.78, 5) is 18.5. The van der Waals surface area contributed by atoms with Crippen molar-refractivity contribution in [2.24, 2.45) is 0 Å². The Hall–Kier alpha value is -1.73. The van der Waals surface area contributed by atoms with Gasteiger partial charge in [0.05, 0.1) is 23.9 Å². The van der Waals surface area contributed by atoms with Gasteiger partial charge in [0.25, 0.3) is 0 Å². The number of nitrogens with zero attached hydrogens (tertiary/aromatic N) is 5. The zero-order valence-corrected chi connectivity index (χ0v) is 15.5. The molecule has 25 heavy (non-hydrogen) atoms. The Bertz CT molecular complexity index is 700. The highest BCUT2D eigenvalue weighted by atomic mass is 32.1. The highest BCUT2D eigenvalue weighted by molar-refractivity contribution is 7.09. The van der Waals surface area contributed by atoms with E-state index in [1.165, 1.54) is 23.5 Å². The summed E-state index contributed by atoms with van der Waals surface area (Å²) in [5.41, 5.74) is 1.22. The van der Waals surface area contributed by atoms with Crippen LogP contribution in [-0.2, 0) is 11.2 Å². The topological polar surface area (TPSA) is 54.4 Å². The van der Waals surface area contributed by atoms with Crippen LogP contribution in [0.15, 0.2) is 17.8 Å². The summed E-state index contributed by atoms with van der Waals surface area (Å²) in [5.74, 6) is 2.56. The van der Waals surface area contributed by atoms with Gasteiger partial charge in [-0.05, 0) is 19.3 Å². The summed E-state index contributed by atoms with van der Waals surface area (Å²) in [6.07, 6.45) is 5.11. The van der Waals surface area contributed by atoms with E-state index in [1.807, 2.05) is 11.3 Å². The third-order valence-electron chi connectivity index (χ3n) is 5.00. The maximum atomic E-state index is 5.44. The van der Waals surface area contributed by atoms with Gasteiger partial charge in [0.2, 0.25) is 0 Å². The maximum Gasteiger partial charge on any atom is 0.134 e. The normalized spacial score (nSPS) is 21.6. The van der Waals surface area contributed by atoms with E-state index >= 15 is 0 Å². The van der Waals surface area contributed by atoms with Crippen molar-refractivity contribution in [2.45, 2.75) is 32.1 Å². The highest BCUT2D eigenvalue weighted by Gasteiger charge is 2.25. The molecule has 0 aromatic carbocycles.